The predicted octanol–water partition coefficient (Wildman–Crippen LogP) is 3.10. The molecule has 3 aliphatic carbocycles. The van der Waals surface area contributed by atoms with Crippen molar-refractivity contribution >= 4 is 18.4 Å². The van der Waals surface area contributed by atoms with Crippen molar-refractivity contribution in [3.63, 3.8) is 0 Å². The number of fused-ring (bicyclic) bond motifs is 1. The molecule has 3 fully saturated rings. The molecule has 0 spiro atoms. The number of allylic oxidation sites excluding steroid dienone is 2. The van der Waals surface area contributed by atoms with Gasteiger partial charge in [0.25, 0.3) is 0 Å². The molecule has 1 heterocycles. The Labute approximate surface area is 168 Å². The molecule has 4 nitrogen and oxygen atoms in total. The highest BCUT2D eigenvalue weighted by Crippen LogP contribution is 2.45. The molecule has 0 aromatic rings. The molecule has 4 rings (SSSR count). The maximum absolute atomic E-state index is 11.6. The predicted molar refractivity (Wildman–Crippen MR) is 107 cm³/mol. The Morgan fingerprint density at radius 2 is 2.00 bits per heavy atom. The van der Waals surface area contributed by atoms with Crippen LogP contribution in [0.1, 0.15) is 45.4 Å². The first-order valence-electron chi connectivity index (χ1n) is 10.0. The van der Waals surface area contributed by atoms with Gasteiger partial charge in [-0.25, -0.2) is 0 Å². The number of aliphatic hydroxyl groups is 1. The van der Waals surface area contributed by atoms with Crippen LogP contribution in [0.2, 0.25) is 0 Å². The van der Waals surface area contributed by atoms with Crippen LogP contribution in [-0.2, 0) is 9.53 Å². The molecule has 1 aliphatic heterocycles. The van der Waals surface area contributed by atoms with Gasteiger partial charge in [-0.2, -0.15) is 0 Å². The van der Waals surface area contributed by atoms with Crippen molar-refractivity contribution in [2.75, 3.05) is 19.6 Å². The van der Waals surface area contributed by atoms with Gasteiger partial charge in [0.15, 0.2) is 6.10 Å². The number of rotatable bonds is 4. The Balaban J connectivity index is 0.00000210. The van der Waals surface area contributed by atoms with Crippen LogP contribution < -0.4 is 0 Å². The molecule has 27 heavy (non-hydrogen) atoms. The molecule has 2 saturated carbocycles. The molecule has 4 aliphatic rings. The largest absolute Gasteiger partial charge is 0.455 e. The van der Waals surface area contributed by atoms with E-state index in [1.807, 2.05) is 18.2 Å². The van der Waals surface area contributed by atoms with E-state index in [1.165, 1.54) is 26.4 Å². The van der Waals surface area contributed by atoms with Crippen molar-refractivity contribution in [3.05, 3.63) is 23.8 Å². The van der Waals surface area contributed by atoms with E-state index >= 15 is 0 Å². The third kappa shape index (κ3) is 4.26. The van der Waals surface area contributed by atoms with E-state index < -0.39 is 11.7 Å². The fourth-order valence-corrected chi connectivity index (χ4v) is 5.05. The van der Waals surface area contributed by atoms with Crippen LogP contribution in [0.15, 0.2) is 23.8 Å². The lowest BCUT2D eigenvalue weighted by Gasteiger charge is -2.42. The van der Waals surface area contributed by atoms with Crippen LogP contribution in [0, 0.1) is 29.6 Å². The van der Waals surface area contributed by atoms with E-state index in [0.717, 1.165) is 49.6 Å². The van der Waals surface area contributed by atoms with E-state index in [2.05, 4.69) is 16.7 Å². The lowest BCUT2D eigenvalue weighted by molar-refractivity contribution is -0.158. The van der Waals surface area contributed by atoms with Gasteiger partial charge in [0.1, 0.15) is 5.60 Å². The summed E-state index contributed by atoms with van der Waals surface area (Å²) < 4.78 is 5.48. The number of likely N-dealkylation sites (tertiary alicyclic amines) is 1. The zero-order valence-corrected chi connectivity index (χ0v) is 16.8. The molecule has 5 heteroatoms. The average molecular weight is 392 g/mol. The van der Waals surface area contributed by atoms with Crippen molar-refractivity contribution in [1.29, 1.82) is 0 Å². The van der Waals surface area contributed by atoms with Crippen molar-refractivity contribution in [2.45, 2.75) is 57.2 Å². The Morgan fingerprint density at radius 1 is 1.30 bits per heavy atom. The first-order valence-corrected chi connectivity index (χ1v) is 10.0. The number of esters is 1. The number of ether oxygens (including phenoxy) is 1. The van der Waals surface area contributed by atoms with Gasteiger partial charge >= 0.3 is 5.97 Å². The summed E-state index contributed by atoms with van der Waals surface area (Å²) >= 11 is 0. The Kier molecular flexibility index (Phi) is 6.35. The molecular weight excluding hydrogens is 362 g/mol. The third-order valence-corrected chi connectivity index (χ3v) is 6.56. The van der Waals surface area contributed by atoms with Gasteiger partial charge in [0.2, 0.25) is 0 Å². The summed E-state index contributed by atoms with van der Waals surface area (Å²) in [7, 11) is 0. The lowest BCUT2D eigenvalue weighted by Crippen LogP contribution is -2.51. The highest BCUT2D eigenvalue weighted by atomic mass is 35.5. The molecule has 0 aromatic heterocycles. The molecule has 148 valence electrons. The fourth-order valence-electron chi connectivity index (χ4n) is 5.05. The number of hydrogen-bond donors (Lipinski definition) is 1. The highest BCUT2D eigenvalue weighted by molar-refractivity contribution is 5.85. The second-order valence-corrected chi connectivity index (χ2v) is 8.39. The highest BCUT2D eigenvalue weighted by Gasteiger charge is 2.49. The van der Waals surface area contributed by atoms with Crippen LogP contribution in [-0.4, -0.2) is 47.3 Å². The molecule has 0 aromatic carbocycles. The maximum Gasteiger partial charge on any atom is 0.303 e. The number of nitrogens with zero attached hydrogens (tertiary/aromatic N) is 1. The van der Waals surface area contributed by atoms with Crippen LogP contribution in [0.25, 0.3) is 0 Å². The summed E-state index contributed by atoms with van der Waals surface area (Å²) in [5, 5.41) is 11.6. The standard InChI is InChI=1S/C22H29NO3.ClH/c1-16(24)26-21-11-6-10-20(22(21,25)19-7-2-3-8-19)9-4-5-12-23-14-17-13-18(17)15-23;/h6,10-11,17-19,21,25H,2-3,7-9,12-15H2,1H3;1H/t17-,18+,21?,22?;. The Morgan fingerprint density at radius 3 is 2.67 bits per heavy atom. The van der Waals surface area contributed by atoms with Gasteiger partial charge in [-0.3, -0.25) is 9.69 Å². The van der Waals surface area contributed by atoms with Crippen molar-refractivity contribution in [1.82, 2.24) is 4.90 Å². The zero-order chi connectivity index (χ0) is 18.1. The molecule has 0 radical (unpaired) electrons. The van der Waals surface area contributed by atoms with Gasteiger partial charge < -0.3 is 9.84 Å². The fraction of sp³-hybridized carbons (Fsp3) is 0.682. The van der Waals surface area contributed by atoms with Gasteiger partial charge in [0.05, 0.1) is 6.54 Å². The normalized spacial score (nSPS) is 34.9. The van der Waals surface area contributed by atoms with Crippen LogP contribution in [0.4, 0.5) is 0 Å². The first kappa shape index (κ1) is 20.5. The molecular formula is C22H30ClNO3. The summed E-state index contributed by atoms with van der Waals surface area (Å²) in [6.45, 7) is 4.63. The van der Waals surface area contributed by atoms with Gasteiger partial charge in [0, 0.05) is 26.4 Å². The number of piperidine rings is 1. The quantitative estimate of drug-likeness (QED) is 0.591. The van der Waals surface area contributed by atoms with Crippen molar-refractivity contribution < 1.29 is 14.6 Å². The lowest BCUT2D eigenvalue weighted by atomic mass is 9.72. The average Bonchev–Trinajstić information content (AvgIpc) is 3.04. The summed E-state index contributed by atoms with van der Waals surface area (Å²) in [4.78, 5) is 14.0. The minimum Gasteiger partial charge on any atom is -0.455 e. The van der Waals surface area contributed by atoms with Crippen LogP contribution in [0.3, 0.4) is 0 Å². The Hall–Kier alpha value is -1.28. The minimum absolute atomic E-state index is 0. The zero-order valence-electron chi connectivity index (χ0n) is 16.0. The molecule has 0 bridgehead atoms. The van der Waals surface area contributed by atoms with E-state index in [4.69, 9.17) is 4.74 Å². The SMILES string of the molecule is CC(=O)OC1C=CC=C(CC#CCN2C[C@H]3C[C@H]3C2)C1(O)C1CCCC1.Cl. The topological polar surface area (TPSA) is 49.8 Å². The van der Waals surface area contributed by atoms with Gasteiger partial charge in [-0.05, 0) is 48.7 Å². The second-order valence-electron chi connectivity index (χ2n) is 8.39. The number of halogens is 1. The molecule has 1 N–H and O–H groups in total. The van der Waals surface area contributed by atoms with Gasteiger partial charge in [-0.15, -0.1) is 12.4 Å². The molecule has 2 unspecified atom stereocenters. The molecule has 0 amide bonds. The number of hydrogen-bond acceptors (Lipinski definition) is 4. The maximum atomic E-state index is 11.6. The summed E-state index contributed by atoms with van der Waals surface area (Å²) in [6, 6.07) is 0. The van der Waals surface area contributed by atoms with Crippen LogP contribution in [0.5, 0.6) is 0 Å². The number of carbonyl (C=O) groups is 1. The summed E-state index contributed by atoms with van der Waals surface area (Å²) in [6.07, 6.45) is 11.2. The van der Waals surface area contributed by atoms with Crippen molar-refractivity contribution in [3.8, 4) is 11.8 Å². The van der Waals surface area contributed by atoms with E-state index in [9.17, 15) is 9.90 Å². The van der Waals surface area contributed by atoms with Crippen LogP contribution >= 0.6 is 12.4 Å². The number of carbonyl (C=O) groups excluding carboxylic acids is 1. The summed E-state index contributed by atoms with van der Waals surface area (Å²) in [5.41, 5.74) is -0.212. The molecule has 1 saturated heterocycles. The van der Waals surface area contributed by atoms with Crippen molar-refractivity contribution in [2.24, 2.45) is 17.8 Å². The van der Waals surface area contributed by atoms with E-state index in [1.54, 1.807) is 0 Å². The second kappa shape index (κ2) is 8.39. The van der Waals surface area contributed by atoms with Gasteiger partial charge in [-0.1, -0.05) is 36.8 Å². The van der Waals surface area contributed by atoms with E-state index in [0.29, 0.717) is 6.42 Å². The monoisotopic (exact) mass is 391 g/mol. The third-order valence-electron chi connectivity index (χ3n) is 6.56. The Bertz CT molecular complexity index is 675. The first-order chi connectivity index (χ1) is 12.6. The summed E-state index contributed by atoms with van der Waals surface area (Å²) in [5.74, 6) is 8.21. The minimum atomic E-state index is -1.11. The van der Waals surface area contributed by atoms with E-state index in [-0.39, 0.29) is 24.3 Å². The molecule has 4 atom stereocenters. The smallest absolute Gasteiger partial charge is 0.303 e.